The van der Waals surface area contributed by atoms with Gasteiger partial charge < -0.3 is 9.84 Å². The van der Waals surface area contributed by atoms with Gasteiger partial charge in [0, 0.05) is 27.8 Å². The van der Waals surface area contributed by atoms with E-state index in [1.165, 1.54) is 18.4 Å². The molecule has 0 saturated heterocycles. The Hall–Kier alpha value is -2.60. The Bertz CT molecular complexity index is 1120. The first-order chi connectivity index (χ1) is 14.6. The zero-order chi connectivity index (χ0) is 22.1. The maximum absolute atomic E-state index is 16.0. The number of halogens is 4. The molecule has 0 unspecified atom stereocenters. The Morgan fingerprint density at radius 3 is 2.58 bits per heavy atom. The maximum Gasteiger partial charge on any atom is 0.287 e. The van der Waals surface area contributed by atoms with Crippen molar-refractivity contribution < 1.29 is 27.4 Å². The van der Waals surface area contributed by atoms with Crippen molar-refractivity contribution in [3.05, 3.63) is 52.8 Å². The summed E-state index contributed by atoms with van der Waals surface area (Å²) in [6.07, 6.45) is 1.30. The molecule has 0 radical (unpaired) electrons. The lowest BCUT2D eigenvalue weighted by Gasteiger charge is -2.73. The third kappa shape index (κ3) is 2.67. The van der Waals surface area contributed by atoms with Crippen LogP contribution in [-0.4, -0.2) is 43.3 Å². The summed E-state index contributed by atoms with van der Waals surface area (Å²) in [4.78, 5) is 4.34. The standard InChI is InChI=1S/C19H17F4N5O2S/c1-30-15-25-14(5-31-15)16-6-17(7-16,8-16)19(22,23)18(29,9-28-10-24-26-27-28)12-3-2-11(20)4-13(12)21/h2-5,10,29H,6-9H2,1H3/t16?,17?,18-/m1/s1. The first-order valence-electron chi connectivity index (χ1n) is 9.41. The molecule has 7 nitrogen and oxygen atoms in total. The summed E-state index contributed by atoms with van der Waals surface area (Å²) in [7, 11) is 1.48. The van der Waals surface area contributed by atoms with Gasteiger partial charge in [-0.15, -0.1) is 5.10 Å². The van der Waals surface area contributed by atoms with E-state index in [2.05, 4.69) is 20.5 Å². The predicted molar refractivity (Wildman–Crippen MR) is 99.6 cm³/mol. The molecule has 1 N–H and O–H groups in total. The van der Waals surface area contributed by atoms with Crippen molar-refractivity contribution >= 4 is 11.3 Å². The molecular formula is C19H17F4N5O2S. The van der Waals surface area contributed by atoms with Gasteiger partial charge in [0.15, 0.2) is 5.60 Å². The van der Waals surface area contributed by atoms with E-state index in [9.17, 15) is 13.9 Å². The van der Waals surface area contributed by atoms with Gasteiger partial charge in [-0.1, -0.05) is 11.3 Å². The lowest BCUT2D eigenvalue weighted by atomic mass is 9.31. The summed E-state index contributed by atoms with van der Waals surface area (Å²) in [5.41, 5.74) is -5.07. The van der Waals surface area contributed by atoms with Crippen molar-refractivity contribution in [2.75, 3.05) is 7.11 Å². The molecule has 3 aromatic rings. The quantitative estimate of drug-likeness (QED) is 0.552. The van der Waals surface area contributed by atoms with Gasteiger partial charge in [0.25, 0.3) is 11.1 Å². The van der Waals surface area contributed by atoms with E-state index >= 15 is 8.78 Å². The fourth-order valence-electron chi connectivity index (χ4n) is 5.09. The van der Waals surface area contributed by atoms with Crippen LogP contribution in [0.5, 0.6) is 5.19 Å². The van der Waals surface area contributed by atoms with E-state index in [-0.39, 0.29) is 19.3 Å². The van der Waals surface area contributed by atoms with E-state index in [0.29, 0.717) is 17.0 Å². The SMILES string of the molecule is COc1nc(C23CC(C(F)(F)[C@@](O)(Cn4cnnn4)c4ccc(F)cc4F)(C2)C3)cs1. The molecule has 6 rings (SSSR count). The van der Waals surface area contributed by atoms with Gasteiger partial charge in [0.2, 0.25) is 0 Å². The summed E-state index contributed by atoms with van der Waals surface area (Å²) in [6.45, 7) is -0.797. The van der Waals surface area contributed by atoms with E-state index in [4.69, 9.17) is 4.74 Å². The maximum atomic E-state index is 16.0. The van der Waals surface area contributed by atoms with Gasteiger partial charge in [-0.25, -0.2) is 27.2 Å². The monoisotopic (exact) mass is 455 g/mol. The van der Waals surface area contributed by atoms with Crippen LogP contribution in [0, 0.1) is 17.0 Å². The molecule has 3 aliphatic rings. The molecule has 0 spiro atoms. The van der Waals surface area contributed by atoms with Crippen LogP contribution < -0.4 is 4.74 Å². The topological polar surface area (TPSA) is 86.0 Å². The molecule has 0 amide bonds. The number of benzene rings is 1. The molecular weight excluding hydrogens is 438 g/mol. The number of alkyl halides is 2. The molecule has 12 heteroatoms. The Balaban J connectivity index is 1.51. The molecule has 2 heterocycles. The van der Waals surface area contributed by atoms with Gasteiger partial charge in [0.1, 0.15) is 18.0 Å². The predicted octanol–water partition coefficient (Wildman–Crippen LogP) is 3.06. The van der Waals surface area contributed by atoms with Crippen molar-refractivity contribution in [3.63, 3.8) is 0 Å². The van der Waals surface area contributed by atoms with Gasteiger partial charge >= 0.3 is 0 Å². The van der Waals surface area contributed by atoms with Crippen molar-refractivity contribution in [3.8, 4) is 5.19 Å². The van der Waals surface area contributed by atoms with Crippen LogP contribution in [0.2, 0.25) is 0 Å². The lowest BCUT2D eigenvalue weighted by molar-refractivity contribution is -0.348. The van der Waals surface area contributed by atoms with Crippen molar-refractivity contribution in [2.24, 2.45) is 5.41 Å². The van der Waals surface area contributed by atoms with Gasteiger partial charge in [0.05, 0.1) is 19.3 Å². The van der Waals surface area contributed by atoms with Crippen molar-refractivity contribution in [1.29, 1.82) is 0 Å². The fourth-order valence-corrected chi connectivity index (χ4v) is 5.85. The van der Waals surface area contributed by atoms with Gasteiger partial charge in [-0.3, -0.25) is 0 Å². The number of tetrazole rings is 1. The summed E-state index contributed by atoms with van der Waals surface area (Å²) in [5.74, 6) is -5.95. The van der Waals surface area contributed by atoms with Crippen LogP contribution in [0.15, 0.2) is 29.9 Å². The lowest BCUT2D eigenvalue weighted by Crippen LogP contribution is -2.76. The average Bonchev–Trinajstić information content (AvgIpc) is 3.31. The highest BCUT2D eigenvalue weighted by Gasteiger charge is 2.82. The smallest absolute Gasteiger partial charge is 0.287 e. The molecule has 2 bridgehead atoms. The summed E-state index contributed by atoms with van der Waals surface area (Å²) >= 11 is 1.28. The van der Waals surface area contributed by atoms with E-state index in [0.717, 1.165) is 23.1 Å². The number of methoxy groups -OCH3 is 1. The minimum absolute atomic E-state index is 0.0839. The molecule has 3 aliphatic carbocycles. The molecule has 3 fully saturated rings. The summed E-state index contributed by atoms with van der Waals surface area (Å²) in [5, 5.41) is 23.9. The number of thiazole rings is 1. The second-order valence-electron chi connectivity index (χ2n) is 8.36. The largest absolute Gasteiger partial charge is 0.473 e. The zero-order valence-corrected chi connectivity index (χ0v) is 17.0. The Kier molecular flexibility index (Phi) is 4.23. The Morgan fingerprint density at radius 1 is 1.26 bits per heavy atom. The highest BCUT2D eigenvalue weighted by Crippen LogP contribution is 2.80. The summed E-state index contributed by atoms with van der Waals surface area (Å²) < 4.78 is 66.1. The molecule has 0 aliphatic heterocycles. The Labute approximate surface area is 177 Å². The van der Waals surface area contributed by atoms with Gasteiger partial charge in [-0.2, -0.15) is 0 Å². The molecule has 1 atom stereocenters. The third-order valence-corrected chi connectivity index (χ3v) is 7.38. The minimum Gasteiger partial charge on any atom is -0.473 e. The molecule has 2 aromatic heterocycles. The molecule has 3 saturated carbocycles. The van der Waals surface area contributed by atoms with Crippen LogP contribution in [0.25, 0.3) is 0 Å². The number of hydrogen-bond acceptors (Lipinski definition) is 7. The second-order valence-corrected chi connectivity index (χ2v) is 9.18. The number of ether oxygens (including phenoxy) is 1. The van der Waals surface area contributed by atoms with E-state index in [1.807, 2.05) is 0 Å². The van der Waals surface area contributed by atoms with E-state index < -0.39 is 46.1 Å². The molecule has 164 valence electrons. The highest BCUT2D eigenvalue weighted by atomic mass is 32.1. The first kappa shape index (κ1) is 20.3. The average molecular weight is 455 g/mol. The number of aliphatic hydroxyl groups is 1. The van der Waals surface area contributed by atoms with Crippen LogP contribution in [0.1, 0.15) is 30.5 Å². The number of aromatic nitrogens is 5. The zero-order valence-electron chi connectivity index (χ0n) is 16.2. The van der Waals surface area contributed by atoms with Crippen LogP contribution >= 0.6 is 11.3 Å². The van der Waals surface area contributed by atoms with Crippen molar-refractivity contribution in [2.45, 2.75) is 42.7 Å². The third-order valence-electron chi connectivity index (χ3n) is 6.58. The summed E-state index contributed by atoms with van der Waals surface area (Å²) in [6, 6.07) is 2.15. The first-order valence-corrected chi connectivity index (χ1v) is 10.3. The van der Waals surface area contributed by atoms with Gasteiger partial charge in [-0.05, 0) is 41.8 Å². The highest BCUT2D eigenvalue weighted by molar-refractivity contribution is 7.11. The van der Waals surface area contributed by atoms with E-state index in [1.54, 1.807) is 5.38 Å². The normalized spacial score (nSPS) is 26.6. The number of rotatable bonds is 7. The molecule has 31 heavy (non-hydrogen) atoms. The number of nitrogens with zero attached hydrogens (tertiary/aromatic N) is 5. The van der Waals surface area contributed by atoms with Crippen LogP contribution in [0.3, 0.4) is 0 Å². The molecule has 1 aromatic carbocycles. The van der Waals surface area contributed by atoms with Crippen LogP contribution in [0.4, 0.5) is 17.6 Å². The van der Waals surface area contributed by atoms with Crippen molar-refractivity contribution in [1.82, 2.24) is 25.2 Å². The second kappa shape index (κ2) is 6.45. The fraction of sp³-hybridized carbons (Fsp3) is 0.474. The van der Waals surface area contributed by atoms with Crippen LogP contribution in [-0.2, 0) is 17.6 Å². The number of hydrogen-bond donors (Lipinski definition) is 1. The minimum atomic E-state index is -3.76. The Morgan fingerprint density at radius 2 is 2.00 bits per heavy atom.